The van der Waals surface area contributed by atoms with Gasteiger partial charge < -0.3 is 16.8 Å². The van der Waals surface area contributed by atoms with E-state index in [9.17, 15) is 9.59 Å². The lowest BCUT2D eigenvalue weighted by Gasteiger charge is -2.24. The first kappa shape index (κ1) is 30.1. The van der Waals surface area contributed by atoms with Gasteiger partial charge in [0.15, 0.2) is 11.4 Å². The molecule has 4 rings (SSSR count). The molecule has 0 atom stereocenters. The first-order valence-corrected chi connectivity index (χ1v) is 13.0. The molecule has 10 nitrogen and oxygen atoms in total. The summed E-state index contributed by atoms with van der Waals surface area (Å²) in [7, 11) is 1.50. The van der Waals surface area contributed by atoms with Gasteiger partial charge in [-0.2, -0.15) is 0 Å². The first-order chi connectivity index (χ1) is 18.4. The summed E-state index contributed by atoms with van der Waals surface area (Å²) in [6, 6.07) is 7.18. The van der Waals surface area contributed by atoms with E-state index >= 15 is 0 Å². The molecule has 0 radical (unpaired) electrons. The summed E-state index contributed by atoms with van der Waals surface area (Å²) in [5.74, 6) is 5.19. The Bertz CT molecular complexity index is 1270. The van der Waals surface area contributed by atoms with E-state index in [1.165, 1.54) is 44.0 Å². The van der Waals surface area contributed by atoms with Crippen molar-refractivity contribution < 1.29 is 9.59 Å². The number of nitrogens with zero attached hydrogens (tertiary/aromatic N) is 3. The van der Waals surface area contributed by atoms with Crippen LogP contribution in [-0.4, -0.2) is 45.9 Å². The Hall–Kier alpha value is -4.14. The van der Waals surface area contributed by atoms with Crippen molar-refractivity contribution in [2.45, 2.75) is 52.0 Å². The van der Waals surface area contributed by atoms with Crippen LogP contribution in [0, 0.1) is 24.2 Å². The van der Waals surface area contributed by atoms with Crippen molar-refractivity contribution in [3.63, 3.8) is 0 Å². The summed E-state index contributed by atoms with van der Waals surface area (Å²) in [5, 5.41) is 15.5. The molecule has 1 amide bonds. The van der Waals surface area contributed by atoms with Crippen LogP contribution in [0.25, 0.3) is 0 Å². The molecule has 0 spiro atoms. The van der Waals surface area contributed by atoms with E-state index in [0.29, 0.717) is 40.0 Å². The molecule has 11 heteroatoms. The number of carbonyl (C=O) groups is 2. The van der Waals surface area contributed by atoms with Gasteiger partial charge >= 0.3 is 0 Å². The average Bonchev–Trinajstić information content (AvgIpc) is 3.35. The SMILES string of the molecule is CC#CC=O.CN.Cc1cnc(NC(=O)c2ccc(C(=N)c3c(N)ncnc3NC3CCCCC3)cc2)s1. The van der Waals surface area contributed by atoms with Crippen LogP contribution in [0.2, 0.25) is 0 Å². The van der Waals surface area contributed by atoms with E-state index in [2.05, 4.69) is 43.2 Å². The maximum absolute atomic E-state index is 12.5. The first-order valence-electron chi connectivity index (χ1n) is 12.2. The molecule has 200 valence electrons. The summed E-state index contributed by atoms with van der Waals surface area (Å²) >= 11 is 1.42. The molecule has 1 fully saturated rings. The Kier molecular flexibility index (Phi) is 12.6. The molecular formula is C27H34N8O2S. The van der Waals surface area contributed by atoms with Crippen LogP contribution >= 0.6 is 11.3 Å². The molecule has 38 heavy (non-hydrogen) atoms. The minimum atomic E-state index is -0.241. The minimum absolute atomic E-state index is 0.221. The summed E-state index contributed by atoms with van der Waals surface area (Å²) < 4.78 is 0. The summed E-state index contributed by atoms with van der Waals surface area (Å²) in [4.78, 5) is 35.3. The fourth-order valence-electron chi connectivity index (χ4n) is 3.77. The molecule has 0 unspecified atom stereocenters. The number of aldehydes is 1. The highest BCUT2D eigenvalue weighted by Crippen LogP contribution is 2.26. The van der Waals surface area contributed by atoms with E-state index in [1.807, 2.05) is 6.92 Å². The van der Waals surface area contributed by atoms with Gasteiger partial charge in [0.25, 0.3) is 5.91 Å². The molecule has 3 aromatic rings. The van der Waals surface area contributed by atoms with Crippen LogP contribution in [0.1, 0.15) is 65.4 Å². The second-order valence-electron chi connectivity index (χ2n) is 8.16. The van der Waals surface area contributed by atoms with E-state index in [-0.39, 0.29) is 17.4 Å². The van der Waals surface area contributed by atoms with Crippen molar-refractivity contribution in [2.75, 3.05) is 23.4 Å². The Balaban J connectivity index is 0.000000651. The van der Waals surface area contributed by atoms with Gasteiger partial charge in [0.1, 0.15) is 18.0 Å². The fourth-order valence-corrected chi connectivity index (χ4v) is 4.43. The van der Waals surface area contributed by atoms with Gasteiger partial charge in [-0.05, 0) is 51.8 Å². The van der Waals surface area contributed by atoms with E-state index in [0.717, 1.165) is 17.7 Å². The number of anilines is 3. The number of nitrogen functional groups attached to an aromatic ring is 1. The molecule has 1 aliphatic rings. The second kappa shape index (κ2) is 15.9. The minimum Gasteiger partial charge on any atom is -0.383 e. The summed E-state index contributed by atoms with van der Waals surface area (Å²) in [6.07, 6.45) is 9.51. The molecule has 1 aliphatic carbocycles. The second-order valence-corrected chi connectivity index (χ2v) is 9.39. The molecule has 0 aliphatic heterocycles. The molecule has 2 heterocycles. The number of hydrogen-bond donors (Lipinski definition) is 5. The highest BCUT2D eigenvalue weighted by Gasteiger charge is 2.20. The Morgan fingerprint density at radius 2 is 1.76 bits per heavy atom. The van der Waals surface area contributed by atoms with Gasteiger partial charge in [0, 0.05) is 28.2 Å². The Labute approximate surface area is 227 Å². The highest BCUT2D eigenvalue weighted by molar-refractivity contribution is 7.15. The molecule has 0 saturated heterocycles. The third-order valence-corrected chi connectivity index (χ3v) is 6.38. The van der Waals surface area contributed by atoms with Crippen molar-refractivity contribution >= 4 is 46.0 Å². The quantitative estimate of drug-likeness (QED) is 0.179. The Morgan fingerprint density at radius 3 is 2.32 bits per heavy atom. The van der Waals surface area contributed by atoms with Gasteiger partial charge in [-0.25, -0.2) is 15.0 Å². The predicted octanol–water partition coefficient (Wildman–Crippen LogP) is 4.02. The zero-order valence-corrected chi connectivity index (χ0v) is 22.7. The van der Waals surface area contributed by atoms with Crippen LogP contribution in [-0.2, 0) is 4.79 Å². The predicted molar refractivity (Wildman–Crippen MR) is 154 cm³/mol. The number of aryl methyl sites for hydroxylation is 1. The molecule has 1 aromatic carbocycles. The fraction of sp³-hybridized carbons (Fsp3) is 0.333. The van der Waals surface area contributed by atoms with Crippen molar-refractivity contribution in [2.24, 2.45) is 5.73 Å². The van der Waals surface area contributed by atoms with Gasteiger partial charge in [0.2, 0.25) is 0 Å². The monoisotopic (exact) mass is 534 g/mol. The molecule has 0 bridgehead atoms. The molecule has 2 aromatic heterocycles. The van der Waals surface area contributed by atoms with E-state index in [1.54, 1.807) is 37.4 Å². The van der Waals surface area contributed by atoms with E-state index in [4.69, 9.17) is 11.1 Å². The zero-order valence-electron chi connectivity index (χ0n) is 21.9. The number of rotatable bonds is 6. The number of hydrogen-bond acceptors (Lipinski definition) is 10. The summed E-state index contributed by atoms with van der Waals surface area (Å²) in [6.45, 7) is 3.55. The zero-order chi connectivity index (χ0) is 27.9. The molecule has 1 saturated carbocycles. The van der Waals surface area contributed by atoms with Gasteiger partial charge in [-0.3, -0.25) is 20.3 Å². The van der Waals surface area contributed by atoms with Crippen molar-refractivity contribution in [3.8, 4) is 11.8 Å². The standard InChI is InChI=1S/C22H25N7OS.C4H4O.CH5N/c1-13-11-25-22(31-13)29-21(30)15-9-7-14(8-10-15)18(23)17-19(24)26-12-27-20(17)28-16-5-3-2-4-6-16;1-2-3-4-5;1-2/h7-12,16,23H,2-6H2,1H3,(H,25,29,30)(H3,24,26,27,28);4H,1H3;2H2,1H3. The largest absolute Gasteiger partial charge is 0.383 e. The van der Waals surface area contributed by atoms with Crippen molar-refractivity contribution in [3.05, 3.63) is 58.4 Å². The maximum Gasteiger partial charge on any atom is 0.257 e. The lowest BCUT2D eigenvalue weighted by Crippen LogP contribution is -2.25. The van der Waals surface area contributed by atoms with Gasteiger partial charge in [-0.1, -0.05) is 37.3 Å². The van der Waals surface area contributed by atoms with Crippen LogP contribution in [0.3, 0.4) is 0 Å². The number of nitrogens with one attached hydrogen (secondary N) is 3. The smallest absolute Gasteiger partial charge is 0.257 e. The van der Waals surface area contributed by atoms with Crippen molar-refractivity contribution in [1.29, 1.82) is 5.41 Å². The van der Waals surface area contributed by atoms with Crippen molar-refractivity contribution in [1.82, 2.24) is 15.0 Å². The number of amides is 1. The lowest BCUT2D eigenvalue weighted by molar-refractivity contribution is -0.103. The highest BCUT2D eigenvalue weighted by atomic mass is 32.1. The normalized spacial score (nSPS) is 12.3. The summed E-state index contributed by atoms with van der Waals surface area (Å²) in [5.41, 5.74) is 12.5. The number of carbonyl (C=O) groups excluding carboxylic acids is 2. The lowest BCUT2D eigenvalue weighted by atomic mass is 9.95. The number of nitrogens with two attached hydrogens (primary N) is 2. The third kappa shape index (κ3) is 8.76. The molecular weight excluding hydrogens is 500 g/mol. The van der Waals surface area contributed by atoms with Gasteiger partial charge in [-0.15, -0.1) is 11.3 Å². The van der Waals surface area contributed by atoms with Crippen LogP contribution in [0.5, 0.6) is 0 Å². The average molecular weight is 535 g/mol. The van der Waals surface area contributed by atoms with E-state index < -0.39 is 0 Å². The van der Waals surface area contributed by atoms with Gasteiger partial charge in [0.05, 0.1) is 11.3 Å². The number of aromatic nitrogens is 3. The van der Waals surface area contributed by atoms with Crippen LogP contribution in [0.15, 0.2) is 36.8 Å². The van der Waals surface area contributed by atoms with Crippen LogP contribution in [0.4, 0.5) is 16.8 Å². The third-order valence-electron chi connectivity index (χ3n) is 5.55. The topological polar surface area (TPSA) is 173 Å². The number of thiazole rings is 1. The molecule has 7 N–H and O–H groups in total. The van der Waals surface area contributed by atoms with Crippen LogP contribution < -0.4 is 22.1 Å². The maximum atomic E-state index is 12.5. The Morgan fingerprint density at radius 1 is 1.11 bits per heavy atom. The number of benzene rings is 1.